The largest absolute Gasteiger partial charge is 0.481 e. The van der Waals surface area contributed by atoms with Crippen molar-refractivity contribution in [2.75, 3.05) is 34.3 Å². The highest BCUT2D eigenvalue weighted by molar-refractivity contribution is 5.94. The zero-order chi connectivity index (χ0) is 12.7. The quantitative estimate of drug-likeness (QED) is 0.743. The minimum atomic E-state index is -0.0931. The van der Waals surface area contributed by atoms with Crippen molar-refractivity contribution in [3.63, 3.8) is 0 Å². The third kappa shape index (κ3) is 4.82. The Morgan fingerprint density at radius 2 is 2.29 bits per heavy atom. The molecule has 1 rings (SSSR count). The van der Waals surface area contributed by atoms with Crippen molar-refractivity contribution in [2.24, 2.45) is 0 Å². The fraction of sp³-hybridized carbons (Fsp3) is 0.500. The number of aromatic nitrogens is 1. The molecule has 0 fully saturated rings. The van der Waals surface area contributed by atoms with Crippen molar-refractivity contribution in [2.45, 2.75) is 6.42 Å². The van der Waals surface area contributed by atoms with E-state index < -0.39 is 0 Å². The molecule has 5 nitrogen and oxygen atoms in total. The van der Waals surface area contributed by atoms with Crippen LogP contribution in [0, 0.1) is 0 Å². The molecule has 0 saturated heterocycles. The van der Waals surface area contributed by atoms with Gasteiger partial charge in [-0.2, -0.15) is 0 Å². The van der Waals surface area contributed by atoms with E-state index in [4.69, 9.17) is 4.74 Å². The van der Waals surface area contributed by atoms with Crippen molar-refractivity contribution in [1.29, 1.82) is 0 Å². The molecule has 0 radical (unpaired) electrons. The van der Waals surface area contributed by atoms with Gasteiger partial charge in [0.25, 0.3) is 5.91 Å². The van der Waals surface area contributed by atoms with E-state index in [0.29, 0.717) is 18.0 Å². The Bertz CT molecular complexity index is 367. The first-order valence-corrected chi connectivity index (χ1v) is 5.56. The van der Waals surface area contributed by atoms with E-state index in [2.05, 4.69) is 15.2 Å². The molecule has 1 aromatic rings. The van der Waals surface area contributed by atoms with Crippen molar-refractivity contribution in [1.82, 2.24) is 15.2 Å². The Morgan fingerprint density at radius 3 is 2.94 bits per heavy atom. The second kappa shape index (κ2) is 6.85. The van der Waals surface area contributed by atoms with Crippen LogP contribution in [0.15, 0.2) is 18.3 Å². The number of pyridine rings is 1. The lowest BCUT2D eigenvalue weighted by Gasteiger charge is -2.10. The smallest absolute Gasteiger partial charge is 0.251 e. The van der Waals surface area contributed by atoms with Gasteiger partial charge >= 0.3 is 0 Å². The van der Waals surface area contributed by atoms with Crippen LogP contribution < -0.4 is 10.1 Å². The molecule has 0 aliphatic carbocycles. The summed E-state index contributed by atoms with van der Waals surface area (Å²) < 4.78 is 4.96. The molecule has 5 heteroatoms. The van der Waals surface area contributed by atoms with Crippen molar-refractivity contribution < 1.29 is 9.53 Å². The lowest BCUT2D eigenvalue weighted by molar-refractivity contribution is 0.0952. The average Bonchev–Trinajstić information content (AvgIpc) is 2.34. The van der Waals surface area contributed by atoms with Gasteiger partial charge < -0.3 is 15.0 Å². The van der Waals surface area contributed by atoms with Gasteiger partial charge in [-0.3, -0.25) is 4.79 Å². The van der Waals surface area contributed by atoms with E-state index >= 15 is 0 Å². The fourth-order valence-corrected chi connectivity index (χ4v) is 1.36. The van der Waals surface area contributed by atoms with Gasteiger partial charge in [-0.1, -0.05) is 0 Å². The average molecular weight is 237 g/mol. The lowest BCUT2D eigenvalue weighted by atomic mass is 10.2. The molecule has 1 N–H and O–H groups in total. The van der Waals surface area contributed by atoms with E-state index in [1.54, 1.807) is 18.3 Å². The number of carbonyl (C=O) groups excluding carboxylic acids is 1. The summed E-state index contributed by atoms with van der Waals surface area (Å²) in [6.07, 6.45) is 2.49. The van der Waals surface area contributed by atoms with Crippen molar-refractivity contribution >= 4 is 5.91 Å². The SMILES string of the molecule is COc1cc(C(=O)NCCCN(C)C)ccn1. The number of methoxy groups -OCH3 is 1. The zero-order valence-electron chi connectivity index (χ0n) is 10.6. The van der Waals surface area contributed by atoms with Gasteiger partial charge in [-0.05, 0) is 33.1 Å². The molecule has 0 spiro atoms. The molecule has 0 bridgehead atoms. The number of hydrogen-bond acceptors (Lipinski definition) is 4. The van der Waals surface area contributed by atoms with Crippen LogP contribution >= 0.6 is 0 Å². The highest BCUT2D eigenvalue weighted by Gasteiger charge is 2.06. The first-order chi connectivity index (χ1) is 8.13. The van der Waals surface area contributed by atoms with Gasteiger partial charge in [-0.15, -0.1) is 0 Å². The first-order valence-electron chi connectivity index (χ1n) is 5.56. The summed E-state index contributed by atoms with van der Waals surface area (Å²) in [7, 11) is 5.55. The predicted molar refractivity (Wildman–Crippen MR) is 66.3 cm³/mol. The Hall–Kier alpha value is -1.62. The number of amides is 1. The molecule has 0 unspecified atom stereocenters. The molecule has 0 aliphatic rings. The number of nitrogens with one attached hydrogen (secondary N) is 1. The van der Waals surface area contributed by atoms with E-state index in [-0.39, 0.29) is 5.91 Å². The Balaban J connectivity index is 2.41. The third-order valence-electron chi connectivity index (χ3n) is 2.27. The number of hydrogen-bond donors (Lipinski definition) is 1. The van der Waals surface area contributed by atoms with Crippen LogP contribution in [0.4, 0.5) is 0 Å². The summed E-state index contributed by atoms with van der Waals surface area (Å²) in [6, 6.07) is 3.30. The molecule has 0 aliphatic heterocycles. The van der Waals surface area contributed by atoms with Crippen LogP contribution in [0.3, 0.4) is 0 Å². The minimum absolute atomic E-state index is 0.0931. The fourth-order valence-electron chi connectivity index (χ4n) is 1.36. The molecule has 1 amide bonds. The molecular weight excluding hydrogens is 218 g/mol. The zero-order valence-corrected chi connectivity index (χ0v) is 10.6. The predicted octanol–water partition coefficient (Wildman–Crippen LogP) is 0.772. The molecule has 0 aromatic carbocycles. The third-order valence-corrected chi connectivity index (χ3v) is 2.27. The lowest BCUT2D eigenvalue weighted by Crippen LogP contribution is -2.27. The van der Waals surface area contributed by atoms with E-state index in [1.807, 2.05) is 14.1 Å². The Labute approximate surface area is 102 Å². The maximum absolute atomic E-state index is 11.7. The summed E-state index contributed by atoms with van der Waals surface area (Å²) in [5.74, 6) is 0.357. The second-order valence-corrected chi connectivity index (χ2v) is 4.00. The van der Waals surface area contributed by atoms with Crippen LogP contribution in [0.2, 0.25) is 0 Å². The molecule has 1 aromatic heterocycles. The van der Waals surface area contributed by atoms with Crippen LogP contribution in [-0.4, -0.2) is 50.1 Å². The van der Waals surface area contributed by atoms with E-state index in [9.17, 15) is 4.79 Å². The normalized spacial score (nSPS) is 10.4. The van der Waals surface area contributed by atoms with Gasteiger partial charge in [0.2, 0.25) is 5.88 Å². The molecule has 1 heterocycles. The number of ether oxygens (including phenoxy) is 1. The van der Waals surface area contributed by atoms with Gasteiger partial charge in [0, 0.05) is 24.4 Å². The monoisotopic (exact) mass is 237 g/mol. The van der Waals surface area contributed by atoms with Gasteiger partial charge in [-0.25, -0.2) is 4.98 Å². The first kappa shape index (κ1) is 13.4. The summed E-state index contributed by atoms with van der Waals surface area (Å²) in [4.78, 5) is 17.8. The highest BCUT2D eigenvalue weighted by atomic mass is 16.5. The molecule has 94 valence electrons. The maximum Gasteiger partial charge on any atom is 0.251 e. The topological polar surface area (TPSA) is 54.5 Å². The van der Waals surface area contributed by atoms with E-state index in [1.165, 1.54) is 7.11 Å². The summed E-state index contributed by atoms with van der Waals surface area (Å²) in [5, 5.41) is 2.86. The van der Waals surface area contributed by atoms with Crippen molar-refractivity contribution in [3.05, 3.63) is 23.9 Å². The van der Waals surface area contributed by atoms with Gasteiger partial charge in [0.1, 0.15) is 0 Å². The van der Waals surface area contributed by atoms with Crippen LogP contribution in [0.1, 0.15) is 16.8 Å². The van der Waals surface area contributed by atoms with Gasteiger partial charge in [0.15, 0.2) is 0 Å². The van der Waals surface area contributed by atoms with E-state index in [0.717, 1.165) is 13.0 Å². The van der Waals surface area contributed by atoms with Crippen LogP contribution in [0.5, 0.6) is 5.88 Å². The van der Waals surface area contributed by atoms with Crippen LogP contribution in [0.25, 0.3) is 0 Å². The maximum atomic E-state index is 11.7. The van der Waals surface area contributed by atoms with Gasteiger partial charge in [0.05, 0.1) is 7.11 Å². The number of rotatable bonds is 6. The summed E-state index contributed by atoms with van der Waals surface area (Å²) >= 11 is 0. The second-order valence-electron chi connectivity index (χ2n) is 4.00. The standard InChI is InChI=1S/C12H19N3O2/c1-15(2)8-4-6-14-12(16)10-5-7-13-11(9-10)17-3/h5,7,9H,4,6,8H2,1-3H3,(H,14,16). The minimum Gasteiger partial charge on any atom is -0.481 e. The Morgan fingerprint density at radius 1 is 1.53 bits per heavy atom. The van der Waals surface area contributed by atoms with Crippen LogP contribution in [-0.2, 0) is 0 Å². The number of carbonyl (C=O) groups is 1. The Kier molecular flexibility index (Phi) is 5.42. The van der Waals surface area contributed by atoms with Crippen molar-refractivity contribution in [3.8, 4) is 5.88 Å². The summed E-state index contributed by atoms with van der Waals surface area (Å²) in [6.45, 7) is 1.63. The number of nitrogens with zero attached hydrogens (tertiary/aromatic N) is 2. The molecule has 0 atom stereocenters. The highest BCUT2D eigenvalue weighted by Crippen LogP contribution is 2.08. The summed E-state index contributed by atoms with van der Waals surface area (Å²) in [5.41, 5.74) is 0.571. The molecular formula is C12H19N3O2. The molecule has 0 saturated carbocycles. The molecule has 17 heavy (non-hydrogen) atoms.